The summed E-state index contributed by atoms with van der Waals surface area (Å²) in [4.78, 5) is 23.5. The van der Waals surface area contributed by atoms with Gasteiger partial charge in [-0.05, 0) is 23.9 Å². The van der Waals surface area contributed by atoms with E-state index in [1.54, 1.807) is 11.3 Å². The fourth-order valence-electron chi connectivity index (χ4n) is 2.47. The lowest BCUT2D eigenvalue weighted by atomic mass is 10.2. The van der Waals surface area contributed by atoms with Crippen LogP contribution >= 0.6 is 23.7 Å². The second kappa shape index (κ2) is 6.32. The van der Waals surface area contributed by atoms with Crippen LogP contribution in [0.1, 0.15) is 5.56 Å². The zero-order chi connectivity index (χ0) is 15.0. The molecule has 0 aliphatic heterocycles. The second-order valence-electron chi connectivity index (χ2n) is 4.61. The summed E-state index contributed by atoms with van der Waals surface area (Å²) in [7, 11) is 0. The summed E-state index contributed by atoms with van der Waals surface area (Å²) in [6.45, 7) is 10.3. The highest BCUT2D eigenvalue weighted by Crippen LogP contribution is 2.41. The highest BCUT2D eigenvalue weighted by molar-refractivity contribution is 7.13. The van der Waals surface area contributed by atoms with Gasteiger partial charge in [0.1, 0.15) is 11.0 Å². The fraction of sp³-hybridized carbons (Fsp3) is 0.214. The number of aromatic nitrogens is 3. The van der Waals surface area contributed by atoms with Gasteiger partial charge in [-0.2, -0.15) is 0 Å². The van der Waals surface area contributed by atoms with Gasteiger partial charge in [0, 0.05) is 18.0 Å². The summed E-state index contributed by atoms with van der Waals surface area (Å²) in [6.07, 6.45) is 1.33. The molecule has 0 saturated carbocycles. The molecule has 0 atom stereocenters. The summed E-state index contributed by atoms with van der Waals surface area (Å²) in [5.74, 6) is 0. The standard InChI is InChI=1S/C14H13N5OS.ClH/c1-8-3-6-21-13(8)11-9(16-2)10-12(19(11)5-4-15)14(20)18-7-17-10;/h3,6-7H,4-5,15H2,1H3,(H,17,18,20);1H. The van der Waals surface area contributed by atoms with E-state index in [4.69, 9.17) is 12.3 Å². The number of thiophene rings is 1. The molecule has 0 aliphatic rings. The van der Waals surface area contributed by atoms with E-state index in [1.165, 1.54) is 6.33 Å². The average molecular weight is 336 g/mol. The molecule has 0 amide bonds. The van der Waals surface area contributed by atoms with E-state index in [2.05, 4.69) is 14.8 Å². The van der Waals surface area contributed by atoms with Gasteiger partial charge in [-0.25, -0.2) is 9.83 Å². The number of aromatic amines is 1. The molecular weight excluding hydrogens is 322 g/mol. The average Bonchev–Trinajstić information content (AvgIpc) is 3.01. The van der Waals surface area contributed by atoms with Crippen molar-refractivity contribution in [3.63, 3.8) is 0 Å². The van der Waals surface area contributed by atoms with Crippen molar-refractivity contribution in [3.05, 3.63) is 45.1 Å². The number of halogens is 1. The van der Waals surface area contributed by atoms with Crippen LogP contribution in [0.5, 0.6) is 0 Å². The first kappa shape index (κ1) is 16.2. The number of rotatable bonds is 3. The Balaban J connectivity index is 0.00000176. The Bertz CT molecular complexity index is 918. The van der Waals surface area contributed by atoms with Crippen molar-refractivity contribution >= 4 is 40.5 Å². The Labute approximate surface area is 136 Å². The van der Waals surface area contributed by atoms with E-state index in [0.717, 1.165) is 16.1 Å². The highest BCUT2D eigenvalue weighted by atomic mass is 35.5. The zero-order valence-corrected chi connectivity index (χ0v) is 13.4. The highest BCUT2D eigenvalue weighted by Gasteiger charge is 2.23. The predicted molar refractivity (Wildman–Crippen MR) is 91.0 cm³/mol. The molecule has 0 unspecified atom stereocenters. The smallest absolute Gasteiger partial charge is 0.273 e. The Kier molecular flexibility index (Phi) is 4.66. The maximum Gasteiger partial charge on any atom is 0.273 e. The Morgan fingerprint density at radius 3 is 2.91 bits per heavy atom. The number of nitrogens with one attached hydrogen (secondary N) is 1. The molecule has 114 valence electrons. The summed E-state index contributed by atoms with van der Waals surface area (Å²) in [6, 6.07) is 2.00. The van der Waals surface area contributed by atoms with Crippen molar-refractivity contribution in [1.82, 2.24) is 14.5 Å². The van der Waals surface area contributed by atoms with Gasteiger partial charge in [0.2, 0.25) is 5.69 Å². The molecule has 0 aromatic carbocycles. The number of aryl methyl sites for hydroxylation is 1. The van der Waals surface area contributed by atoms with Crippen molar-refractivity contribution in [2.75, 3.05) is 6.54 Å². The quantitative estimate of drug-likeness (QED) is 0.722. The van der Waals surface area contributed by atoms with Crippen molar-refractivity contribution in [2.45, 2.75) is 13.5 Å². The number of nitrogens with zero attached hydrogens (tertiary/aromatic N) is 3. The van der Waals surface area contributed by atoms with Crippen LogP contribution in [0, 0.1) is 13.5 Å². The molecule has 0 fully saturated rings. The van der Waals surface area contributed by atoms with E-state index in [1.807, 2.05) is 22.9 Å². The normalized spacial score (nSPS) is 10.4. The van der Waals surface area contributed by atoms with Gasteiger partial charge >= 0.3 is 0 Å². The third-order valence-corrected chi connectivity index (χ3v) is 4.38. The summed E-state index contributed by atoms with van der Waals surface area (Å²) in [5, 5.41) is 1.97. The monoisotopic (exact) mass is 335 g/mol. The third-order valence-electron chi connectivity index (χ3n) is 3.36. The SMILES string of the molecule is Cl.[C-]#[N+]c1c(-c2sccc2C)n(CCN)c2c(=O)[nH]cnc12. The van der Waals surface area contributed by atoms with Gasteiger partial charge in [-0.3, -0.25) is 4.79 Å². The molecule has 3 heterocycles. The number of fused-ring (bicyclic) bond motifs is 1. The van der Waals surface area contributed by atoms with E-state index in [-0.39, 0.29) is 18.0 Å². The maximum atomic E-state index is 12.2. The molecule has 0 bridgehead atoms. The molecule has 3 aromatic rings. The molecule has 3 aromatic heterocycles. The topological polar surface area (TPSA) is 81.1 Å². The van der Waals surface area contributed by atoms with Gasteiger partial charge in [-0.1, -0.05) is 0 Å². The lowest BCUT2D eigenvalue weighted by molar-refractivity contribution is 0.739. The first-order chi connectivity index (χ1) is 10.2. The van der Waals surface area contributed by atoms with Crippen LogP contribution in [0.25, 0.3) is 26.4 Å². The Morgan fingerprint density at radius 1 is 1.55 bits per heavy atom. The van der Waals surface area contributed by atoms with E-state index >= 15 is 0 Å². The molecule has 0 aliphatic carbocycles. The van der Waals surface area contributed by atoms with Crippen LogP contribution < -0.4 is 11.3 Å². The zero-order valence-electron chi connectivity index (χ0n) is 11.8. The molecule has 0 spiro atoms. The van der Waals surface area contributed by atoms with Crippen LogP contribution in [0.15, 0.2) is 22.6 Å². The van der Waals surface area contributed by atoms with Gasteiger partial charge in [-0.15, -0.1) is 23.7 Å². The molecule has 8 heteroatoms. The fourth-order valence-corrected chi connectivity index (χ4v) is 3.45. The summed E-state index contributed by atoms with van der Waals surface area (Å²) in [5.41, 5.74) is 8.50. The molecular formula is C14H14ClN5OS. The number of nitrogens with two attached hydrogens (primary N) is 1. The maximum absolute atomic E-state index is 12.2. The van der Waals surface area contributed by atoms with Crippen LogP contribution in [0.4, 0.5) is 5.69 Å². The molecule has 22 heavy (non-hydrogen) atoms. The van der Waals surface area contributed by atoms with Crippen molar-refractivity contribution in [3.8, 4) is 10.6 Å². The minimum absolute atomic E-state index is 0. The minimum Gasteiger partial charge on any atom is -0.343 e. The van der Waals surface area contributed by atoms with E-state index in [9.17, 15) is 4.79 Å². The van der Waals surface area contributed by atoms with Crippen molar-refractivity contribution < 1.29 is 0 Å². The number of H-pyrrole nitrogens is 1. The molecule has 3 N–H and O–H groups in total. The van der Waals surface area contributed by atoms with Crippen LogP contribution in [0.2, 0.25) is 0 Å². The minimum atomic E-state index is -0.251. The van der Waals surface area contributed by atoms with Crippen LogP contribution in [0.3, 0.4) is 0 Å². The molecule has 0 saturated heterocycles. The third kappa shape index (κ3) is 2.31. The number of hydrogen-bond acceptors (Lipinski definition) is 4. The summed E-state index contributed by atoms with van der Waals surface area (Å²) < 4.78 is 1.81. The molecule has 6 nitrogen and oxygen atoms in total. The van der Waals surface area contributed by atoms with E-state index in [0.29, 0.717) is 29.8 Å². The van der Waals surface area contributed by atoms with Crippen molar-refractivity contribution in [1.29, 1.82) is 0 Å². The van der Waals surface area contributed by atoms with Crippen LogP contribution in [-0.4, -0.2) is 21.1 Å². The largest absolute Gasteiger partial charge is 0.343 e. The predicted octanol–water partition coefficient (Wildman–Crippen LogP) is 2.69. The van der Waals surface area contributed by atoms with Crippen molar-refractivity contribution in [2.24, 2.45) is 5.73 Å². The van der Waals surface area contributed by atoms with Gasteiger partial charge < -0.3 is 15.3 Å². The van der Waals surface area contributed by atoms with E-state index < -0.39 is 0 Å². The lowest BCUT2D eigenvalue weighted by Gasteiger charge is -2.09. The van der Waals surface area contributed by atoms with Gasteiger partial charge in [0.25, 0.3) is 5.56 Å². The first-order valence-electron chi connectivity index (χ1n) is 6.41. The second-order valence-corrected chi connectivity index (χ2v) is 5.53. The number of hydrogen-bond donors (Lipinski definition) is 2. The van der Waals surface area contributed by atoms with Gasteiger partial charge in [0.15, 0.2) is 0 Å². The first-order valence-corrected chi connectivity index (χ1v) is 7.28. The molecule has 0 radical (unpaired) electrons. The van der Waals surface area contributed by atoms with Gasteiger partial charge in [0.05, 0.1) is 18.6 Å². The Hall–Kier alpha value is -2.14. The lowest BCUT2D eigenvalue weighted by Crippen LogP contribution is -2.16. The summed E-state index contributed by atoms with van der Waals surface area (Å²) >= 11 is 1.55. The van der Waals surface area contributed by atoms with Crippen LogP contribution in [-0.2, 0) is 6.54 Å². The Morgan fingerprint density at radius 2 is 2.32 bits per heavy atom. The molecule has 3 rings (SSSR count).